The van der Waals surface area contributed by atoms with Crippen LogP contribution in [0.3, 0.4) is 0 Å². The van der Waals surface area contributed by atoms with Crippen molar-refractivity contribution in [3.8, 4) is 22.6 Å². The number of para-hydroxylation sites is 1. The molecule has 0 saturated carbocycles. The number of esters is 1. The molecule has 0 aliphatic carbocycles. The Morgan fingerprint density at radius 2 is 1.43 bits per heavy atom. The smallest absolute Gasteiger partial charge is 0.353 e. The summed E-state index contributed by atoms with van der Waals surface area (Å²) in [5.41, 5.74) is 5.60. The van der Waals surface area contributed by atoms with E-state index < -0.39 is 28.9 Å². The summed E-state index contributed by atoms with van der Waals surface area (Å²) in [5.74, 6) is -1.48. The normalized spacial score (nSPS) is 10.7. The molecule has 0 aliphatic heterocycles. The number of rotatable bonds is 3. The first-order valence-electron chi connectivity index (χ1n) is 9.01. The molecule has 0 aliphatic rings. The minimum absolute atomic E-state index is 0.0938. The Balaban J connectivity index is 1.72. The van der Waals surface area contributed by atoms with Crippen LogP contribution in [-0.2, 0) is 0 Å². The Hall–Kier alpha value is -4.39. The number of aromatic hydroxyl groups is 1. The van der Waals surface area contributed by atoms with Crippen molar-refractivity contribution in [2.45, 2.75) is 0 Å². The van der Waals surface area contributed by atoms with Crippen molar-refractivity contribution in [3.63, 3.8) is 0 Å². The maximum atomic E-state index is 12.7. The highest BCUT2D eigenvalue weighted by Crippen LogP contribution is 2.28. The zero-order valence-corrected chi connectivity index (χ0v) is 15.6. The summed E-state index contributed by atoms with van der Waals surface area (Å²) in [6, 6.07) is 21.3. The molecular weight excluding hydrogens is 384 g/mol. The van der Waals surface area contributed by atoms with E-state index in [-0.39, 0.29) is 16.7 Å². The highest BCUT2D eigenvalue weighted by Gasteiger charge is 2.25. The van der Waals surface area contributed by atoms with E-state index in [0.29, 0.717) is 4.57 Å². The van der Waals surface area contributed by atoms with Crippen molar-refractivity contribution in [1.82, 2.24) is 4.57 Å². The zero-order valence-electron chi connectivity index (χ0n) is 15.6. The van der Waals surface area contributed by atoms with Crippen molar-refractivity contribution >= 4 is 22.9 Å². The van der Waals surface area contributed by atoms with Crippen LogP contribution in [0.2, 0.25) is 0 Å². The van der Waals surface area contributed by atoms with Gasteiger partial charge in [-0.05, 0) is 35.4 Å². The van der Waals surface area contributed by atoms with E-state index in [9.17, 15) is 19.5 Å². The largest absolute Gasteiger partial charge is 0.506 e. The number of hydrogen-bond acceptors (Lipinski definition) is 5. The van der Waals surface area contributed by atoms with Crippen LogP contribution in [0.25, 0.3) is 22.0 Å². The van der Waals surface area contributed by atoms with Crippen LogP contribution in [0.4, 0.5) is 4.79 Å². The van der Waals surface area contributed by atoms with E-state index in [1.165, 1.54) is 12.1 Å². The van der Waals surface area contributed by atoms with Crippen LogP contribution < -0.4 is 16.0 Å². The minimum atomic E-state index is -1.09. The van der Waals surface area contributed by atoms with E-state index in [1.54, 1.807) is 36.4 Å². The number of benzene rings is 3. The SMILES string of the molecule is NC(=O)n1c(=O)c(C(=O)Oc2ccc(-c3ccccc3)cc2)c(O)c2ccccc21. The quantitative estimate of drug-likeness (QED) is 0.404. The molecule has 0 bridgehead atoms. The monoisotopic (exact) mass is 400 g/mol. The molecule has 0 unspecified atom stereocenters. The summed E-state index contributed by atoms with van der Waals surface area (Å²) in [4.78, 5) is 37.2. The van der Waals surface area contributed by atoms with Gasteiger partial charge < -0.3 is 15.6 Å². The lowest BCUT2D eigenvalue weighted by molar-refractivity contribution is 0.0730. The third kappa shape index (κ3) is 3.29. The van der Waals surface area contributed by atoms with Gasteiger partial charge in [0.25, 0.3) is 5.56 Å². The molecule has 4 rings (SSSR count). The van der Waals surface area contributed by atoms with Gasteiger partial charge in [0.05, 0.1) is 5.52 Å². The molecule has 0 radical (unpaired) electrons. The molecule has 0 spiro atoms. The van der Waals surface area contributed by atoms with E-state index in [4.69, 9.17) is 10.5 Å². The number of nitrogens with two attached hydrogens (primary N) is 1. The van der Waals surface area contributed by atoms with Gasteiger partial charge in [-0.15, -0.1) is 0 Å². The number of carbonyl (C=O) groups is 2. The van der Waals surface area contributed by atoms with Crippen molar-refractivity contribution < 1.29 is 19.4 Å². The molecule has 30 heavy (non-hydrogen) atoms. The first-order valence-corrected chi connectivity index (χ1v) is 9.01. The summed E-state index contributed by atoms with van der Waals surface area (Å²) in [7, 11) is 0. The third-order valence-electron chi connectivity index (χ3n) is 4.65. The van der Waals surface area contributed by atoms with Crippen molar-refractivity contribution in [3.05, 3.63) is 94.8 Å². The summed E-state index contributed by atoms with van der Waals surface area (Å²) < 4.78 is 5.90. The molecule has 3 N–H and O–H groups in total. The Kier molecular flexibility index (Phi) is 4.77. The fourth-order valence-corrected chi connectivity index (χ4v) is 3.23. The van der Waals surface area contributed by atoms with Crippen LogP contribution in [0.5, 0.6) is 11.5 Å². The molecule has 1 aromatic heterocycles. The predicted octanol–water partition coefficient (Wildman–Crippen LogP) is 3.52. The van der Waals surface area contributed by atoms with Gasteiger partial charge in [-0.3, -0.25) is 4.79 Å². The topological polar surface area (TPSA) is 112 Å². The average molecular weight is 400 g/mol. The molecule has 7 heteroatoms. The lowest BCUT2D eigenvalue weighted by Gasteiger charge is -2.12. The Morgan fingerprint density at radius 3 is 2.10 bits per heavy atom. The van der Waals surface area contributed by atoms with E-state index in [1.807, 2.05) is 30.3 Å². The highest BCUT2D eigenvalue weighted by molar-refractivity contribution is 6.03. The van der Waals surface area contributed by atoms with Gasteiger partial charge in [-0.2, -0.15) is 0 Å². The van der Waals surface area contributed by atoms with Crippen molar-refractivity contribution in [2.75, 3.05) is 0 Å². The van der Waals surface area contributed by atoms with Crippen LogP contribution in [0, 0.1) is 0 Å². The van der Waals surface area contributed by atoms with Gasteiger partial charge in [0, 0.05) is 5.39 Å². The van der Waals surface area contributed by atoms with Crippen LogP contribution in [0.15, 0.2) is 83.7 Å². The fraction of sp³-hybridized carbons (Fsp3) is 0. The number of primary amides is 1. The first kappa shape index (κ1) is 18.9. The lowest BCUT2D eigenvalue weighted by Crippen LogP contribution is -2.36. The number of nitrogens with zero attached hydrogens (tertiary/aromatic N) is 1. The van der Waals surface area contributed by atoms with Crippen LogP contribution in [0.1, 0.15) is 10.4 Å². The first-order chi connectivity index (χ1) is 14.5. The standard InChI is InChI=1S/C23H16N2O5/c24-23(29)25-18-9-5-4-8-17(18)20(26)19(21(25)27)22(28)30-16-12-10-15(11-13-16)14-6-2-1-3-7-14/h1-13,26H,(H2,24,29). The second kappa shape index (κ2) is 7.56. The van der Waals surface area contributed by atoms with Crippen LogP contribution in [-0.4, -0.2) is 21.7 Å². The summed E-state index contributed by atoms with van der Waals surface area (Å²) in [6.07, 6.45) is 0. The van der Waals surface area contributed by atoms with Crippen molar-refractivity contribution in [2.24, 2.45) is 5.73 Å². The van der Waals surface area contributed by atoms with Crippen LogP contribution >= 0.6 is 0 Å². The average Bonchev–Trinajstić information content (AvgIpc) is 2.75. The Bertz CT molecular complexity index is 1330. The number of hydrogen-bond donors (Lipinski definition) is 2. The highest BCUT2D eigenvalue weighted by atomic mass is 16.5. The molecule has 0 saturated heterocycles. The molecular formula is C23H16N2O5. The molecule has 0 atom stereocenters. The van der Waals surface area contributed by atoms with E-state index in [2.05, 4.69) is 0 Å². The molecule has 1 heterocycles. The predicted molar refractivity (Wildman–Crippen MR) is 112 cm³/mol. The maximum absolute atomic E-state index is 12.7. The maximum Gasteiger partial charge on any atom is 0.353 e. The lowest BCUT2D eigenvalue weighted by atomic mass is 10.1. The van der Waals surface area contributed by atoms with Gasteiger partial charge in [-0.25, -0.2) is 14.2 Å². The zero-order chi connectivity index (χ0) is 21.3. The van der Waals surface area contributed by atoms with Crippen molar-refractivity contribution in [1.29, 1.82) is 0 Å². The molecule has 1 amide bonds. The van der Waals surface area contributed by atoms with Gasteiger partial charge in [0.15, 0.2) is 5.56 Å². The number of aromatic nitrogens is 1. The number of ether oxygens (including phenoxy) is 1. The summed E-state index contributed by atoms with van der Waals surface area (Å²) >= 11 is 0. The molecule has 148 valence electrons. The van der Waals surface area contributed by atoms with Gasteiger partial charge in [0.2, 0.25) is 0 Å². The van der Waals surface area contributed by atoms with Gasteiger partial charge in [0.1, 0.15) is 11.5 Å². The summed E-state index contributed by atoms with van der Waals surface area (Å²) in [6.45, 7) is 0. The number of carbonyl (C=O) groups excluding carboxylic acids is 2. The van der Waals surface area contributed by atoms with Gasteiger partial charge in [-0.1, -0.05) is 54.6 Å². The molecule has 7 nitrogen and oxygen atoms in total. The second-order valence-electron chi connectivity index (χ2n) is 6.50. The number of pyridine rings is 1. The summed E-state index contributed by atoms with van der Waals surface area (Å²) in [5, 5.41) is 10.6. The van der Waals surface area contributed by atoms with Gasteiger partial charge >= 0.3 is 12.0 Å². The van der Waals surface area contributed by atoms with E-state index in [0.717, 1.165) is 11.1 Å². The van der Waals surface area contributed by atoms with E-state index >= 15 is 0 Å². The molecule has 3 aromatic carbocycles. The molecule has 0 fully saturated rings. The fourth-order valence-electron chi connectivity index (χ4n) is 3.23. The third-order valence-corrected chi connectivity index (χ3v) is 4.65. The minimum Gasteiger partial charge on any atom is -0.506 e. The number of fused-ring (bicyclic) bond motifs is 1. The Labute approximate surface area is 170 Å². The number of amides is 1. The molecule has 4 aromatic rings. The second-order valence-corrected chi connectivity index (χ2v) is 6.50. The Morgan fingerprint density at radius 1 is 0.833 bits per heavy atom.